The maximum Gasteiger partial charge on any atom is 0.0890 e. The average molecular weight is 255 g/mol. The summed E-state index contributed by atoms with van der Waals surface area (Å²) in [6.45, 7) is 5.72. The number of aromatic nitrogens is 2. The number of fused-ring (bicyclic) bond motifs is 1. The molecule has 0 amide bonds. The first-order valence-electron chi connectivity index (χ1n) is 7.15. The van der Waals surface area contributed by atoms with Crippen LogP contribution in [-0.4, -0.2) is 22.1 Å². The minimum Gasteiger partial charge on any atom is -0.311 e. The topological polar surface area (TPSA) is 37.8 Å². The maximum atomic E-state index is 4.76. The lowest BCUT2D eigenvalue weighted by molar-refractivity contribution is 0.267. The van der Waals surface area contributed by atoms with Crippen molar-refractivity contribution in [3.63, 3.8) is 0 Å². The highest BCUT2D eigenvalue weighted by atomic mass is 15.0. The average Bonchev–Trinajstić information content (AvgIpc) is 2.88. The van der Waals surface area contributed by atoms with Crippen molar-refractivity contribution in [1.29, 1.82) is 0 Å². The third-order valence-electron chi connectivity index (χ3n) is 4.38. The fourth-order valence-electron chi connectivity index (χ4n) is 3.08. The summed E-state index contributed by atoms with van der Waals surface area (Å²) in [5.74, 6) is 0.614. The van der Waals surface area contributed by atoms with E-state index < -0.39 is 0 Å². The van der Waals surface area contributed by atoms with Gasteiger partial charge in [-0.05, 0) is 37.4 Å². The Morgan fingerprint density at radius 2 is 2.05 bits per heavy atom. The molecule has 1 fully saturated rings. The minimum atomic E-state index is 0.205. The smallest absolute Gasteiger partial charge is 0.0890 e. The van der Waals surface area contributed by atoms with Crippen molar-refractivity contribution < 1.29 is 0 Å². The van der Waals surface area contributed by atoms with Crippen LogP contribution in [0.5, 0.6) is 0 Å². The number of hydrogen-bond acceptors (Lipinski definition) is 3. The van der Waals surface area contributed by atoms with Crippen molar-refractivity contribution in [2.75, 3.05) is 6.54 Å². The first-order valence-corrected chi connectivity index (χ1v) is 7.15. The summed E-state index contributed by atoms with van der Waals surface area (Å²) < 4.78 is 0. The van der Waals surface area contributed by atoms with E-state index in [2.05, 4.69) is 24.1 Å². The van der Waals surface area contributed by atoms with Gasteiger partial charge in [0.15, 0.2) is 0 Å². The normalized spacial score (nSPS) is 23.3. The van der Waals surface area contributed by atoms with Gasteiger partial charge in [-0.15, -0.1) is 0 Å². The number of nitrogens with one attached hydrogen (secondary N) is 1. The summed E-state index contributed by atoms with van der Waals surface area (Å²) in [6, 6.07) is 8.08. The van der Waals surface area contributed by atoms with Crippen molar-refractivity contribution in [2.24, 2.45) is 5.92 Å². The highest BCUT2D eigenvalue weighted by molar-refractivity contribution is 5.73. The zero-order valence-corrected chi connectivity index (χ0v) is 11.7. The summed E-state index contributed by atoms with van der Waals surface area (Å²) in [5, 5.41) is 3.70. The van der Waals surface area contributed by atoms with Crippen LogP contribution in [0.2, 0.25) is 0 Å². The molecule has 1 saturated heterocycles. The van der Waals surface area contributed by atoms with Crippen LogP contribution in [-0.2, 0) is 6.42 Å². The standard InChI is InChI=1S/C16H21N3/c1-12(2)16(8-5-9-18-16)10-13-11-17-14-6-3-4-7-15(14)19-13/h3-4,6-7,11-12,18H,5,8-10H2,1-2H3. The largest absolute Gasteiger partial charge is 0.311 e. The molecule has 0 saturated carbocycles. The summed E-state index contributed by atoms with van der Waals surface area (Å²) in [7, 11) is 0. The second-order valence-electron chi connectivity index (χ2n) is 5.87. The Bertz CT molecular complexity index is 571. The molecule has 1 N–H and O–H groups in total. The minimum absolute atomic E-state index is 0.205. The zero-order chi connectivity index (χ0) is 13.3. The van der Waals surface area contributed by atoms with E-state index in [1.807, 2.05) is 30.5 Å². The van der Waals surface area contributed by atoms with Crippen molar-refractivity contribution in [1.82, 2.24) is 15.3 Å². The lowest BCUT2D eigenvalue weighted by Crippen LogP contribution is -2.46. The number of benzene rings is 1. The van der Waals surface area contributed by atoms with E-state index in [-0.39, 0.29) is 5.54 Å². The van der Waals surface area contributed by atoms with Crippen molar-refractivity contribution in [3.05, 3.63) is 36.2 Å². The van der Waals surface area contributed by atoms with Crippen LogP contribution >= 0.6 is 0 Å². The van der Waals surface area contributed by atoms with Crippen LogP contribution < -0.4 is 5.32 Å². The lowest BCUT2D eigenvalue weighted by atomic mass is 9.81. The van der Waals surface area contributed by atoms with Crippen LogP contribution in [0, 0.1) is 5.92 Å². The van der Waals surface area contributed by atoms with Crippen LogP contribution in [0.4, 0.5) is 0 Å². The Labute approximate surface area is 114 Å². The van der Waals surface area contributed by atoms with Gasteiger partial charge in [-0.3, -0.25) is 4.98 Å². The lowest BCUT2D eigenvalue weighted by Gasteiger charge is -2.33. The molecule has 1 atom stereocenters. The Kier molecular flexibility index (Phi) is 3.23. The molecule has 19 heavy (non-hydrogen) atoms. The van der Waals surface area contributed by atoms with Gasteiger partial charge in [-0.2, -0.15) is 0 Å². The predicted octanol–water partition coefficient (Wildman–Crippen LogP) is 2.95. The monoisotopic (exact) mass is 255 g/mol. The summed E-state index contributed by atoms with van der Waals surface area (Å²) >= 11 is 0. The van der Waals surface area contributed by atoms with Gasteiger partial charge >= 0.3 is 0 Å². The van der Waals surface area contributed by atoms with Gasteiger partial charge in [0.2, 0.25) is 0 Å². The van der Waals surface area contributed by atoms with E-state index in [0.717, 1.165) is 29.7 Å². The molecule has 1 aromatic carbocycles. The Hall–Kier alpha value is -1.48. The van der Waals surface area contributed by atoms with Crippen molar-refractivity contribution in [3.8, 4) is 0 Å². The molecule has 100 valence electrons. The summed E-state index contributed by atoms with van der Waals surface area (Å²) in [4.78, 5) is 9.29. The van der Waals surface area contributed by atoms with E-state index >= 15 is 0 Å². The van der Waals surface area contributed by atoms with Crippen LogP contribution in [0.3, 0.4) is 0 Å². The van der Waals surface area contributed by atoms with Gasteiger partial charge in [0.05, 0.1) is 16.7 Å². The van der Waals surface area contributed by atoms with Crippen molar-refractivity contribution in [2.45, 2.75) is 38.6 Å². The Morgan fingerprint density at radius 1 is 1.26 bits per heavy atom. The van der Waals surface area contributed by atoms with Gasteiger partial charge in [0, 0.05) is 18.2 Å². The molecule has 3 rings (SSSR count). The first-order chi connectivity index (χ1) is 9.20. The van der Waals surface area contributed by atoms with Crippen molar-refractivity contribution >= 4 is 11.0 Å². The number of para-hydroxylation sites is 2. The van der Waals surface area contributed by atoms with Gasteiger partial charge in [0.1, 0.15) is 0 Å². The fourth-order valence-corrected chi connectivity index (χ4v) is 3.08. The molecule has 1 aromatic heterocycles. The number of nitrogens with zero attached hydrogens (tertiary/aromatic N) is 2. The molecular formula is C16H21N3. The molecule has 0 bridgehead atoms. The number of hydrogen-bond donors (Lipinski definition) is 1. The molecule has 0 aliphatic carbocycles. The predicted molar refractivity (Wildman–Crippen MR) is 78.0 cm³/mol. The highest BCUT2D eigenvalue weighted by Crippen LogP contribution is 2.30. The summed E-state index contributed by atoms with van der Waals surface area (Å²) in [5.41, 5.74) is 3.28. The van der Waals surface area contributed by atoms with E-state index in [1.54, 1.807) is 0 Å². The van der Waals surface area contributed by atoms with E-state index in [4.69, 9.17) is 4.98 Å². The maximum absolute atomic E-state index is 4.76. The van der Waals surface area contributed by atoms with E-state index in [0.29, 0.717) is 5.92 Å². The molecule has 3 heteroatoms. The second-order valence-corrected chi connectivity index (χ2v) is 5.87. The molecule has 2 aromatic rings. The molecule has 1 unspecified atom stereocenters. The van der Waals surface area contributed by atoms with Crippen LogP contribution in [0.1, 0.15) is 32.4 Å². The van der Waals surface area contributed by atoms with Gasteiger partial charge < -0.3 is 5.32 Å². The Balaban J connectivity index is 1.92. The zero-order valence-electron chi connectivity index (χ0n) is 11.7. The molecule has 2 heterocycles. The van der Waals surface area contributed by atoms with Gasteiger partial charge in [0.25, 0.3) is 0 Å². The van der Waals surface area contributed by atoms with Crippen LogP contribution in [0.15, 0.2) is 30.5 Å². The van der Waals surface area contributed by atoms with E-state index in [9.17, 15) is 0 Å². The molecular weight excluding hydrogens is 234 g/mol. The number of rotatable bonds is 3. The quantitative estimate of drug-likeness (QED) is 0.916. The molecule has 3 nitrogen and oxygen atoms in total. The Morgan fingerprint density at radius 3 is 2.74 bits per heavy atom. The first kappa shape index (κ1) is 12.5. The molecule has 1 aliphatic heterocycles. The third-order valence-corrected chi connectivity index (χ3v) is 4.38. The van der Waals surface area contributed by atoms with Gasteiger partial charge in [-0.25, -0.2) is 4.98 Å². The SMILES string of the molecule is CC(C)C1(Cc2cnc3ccccc3n2)CCCN1. The van der Waals surface area contributed by atoms with E-state index in [1.165, 1.54) is 12.8 Å². The highest BCUT2D eigenvalue weighted by Gasteiger charge is 2.36. The van der Waals surface area contributed by atoms with Crippen LogP contribution in [0.25, 0.3) is 11.0 Å². The molecule has 0 spiro atoms. The summed E-state index contributed by atoms with van der Waals surface area (Å²) in [6.07, 6.45) is 5.41. The molecule has 0 radical (unpaired) electrons. The molecule has 1 aliphatic rings. The third kappa shape index (κ3) is 2.35. The fraction of sp³-hybridized carbons (Fsp3) is 0.500. The van der Waals surface area contributed by atoms with Gasteiger partial charge in [-0.1, -0.05) is 26.0 Å². The second kappa shape index (κ2) is 4.89.